The summed E-state index contributed by atoms with van der Waals surface area (Å²) in [5.41, 5.74) is 3.00. The van der Waals surface area contributed by atoms with E-state index < -0.39 is 0 Å². The van der Waals surface area contributed by atoms with E-state index in [0.717, 1.165) is 4.47 Å². The zero-order valence-corrected chi connectivity index (χ0v) is 11.2. The smallest absolute Gasteiger partial charge is 0.0178 e. The molecule has 0 unspecified atom stereocenters. The lowest BCUT2D eigenvalue weighted by molar-refractivity contribution is 0.584. The molecule has 0 amide bonds. The van der Waals surface area contributed by atoms with Crippen molar-refractivity contribution in [3.05, 3.63) is 39.7 Å². The topological polar surface area (TPSA) is 0 Å². The Labute approximate surface area is 95.9 Å². The van der Waals surface area contributed by atoms with Gasteiger partial charge in [0.25, 0.3) is 0 Å². The number of hydrogen-bond acceptors (Lipinski definition) is 0. The van der Waals surface area contributed by atoms with Gasteiger partial charge in [0.05, 0.1) is 0 Å². The summed E-state index contributed by atoms with van der Waals surface area (Å²) in [6.45, 7) is 11.1. The second-order valence-electron chi connectivity index (χ2n) is 4.94. The molecule has 0 N–H and O–H groups in total. The Balaban J connectivity index is 3.29. The summed E-state index contributed by atoms with van der Waals surface area (Å²) in [7, 11) is 0. The van der Waals surface area contributed by atoms with Crippen LogP contribution >= 0.6 is 15.9 Å². The fourth-order valence-corrected chi connectivity index (χ4v) is 1.95. The molecular weight excluding hydrogens is 236 g/mol. The van der Waals surface area contributed by atoms with Gasteiger partial charge in [-0.15, -0.1) is 0 Å². The van der Waals surface area contributed by atoms with Gasteiger partial charge < -0.3 is 0 Å². The lowest BCUT2D eigenvalue weighted by Crippen LogP contribution is -2.15. The molecule has 0 saturated heterocycles. The van der Waals surface area contributed by atoms with Gasteiger partial charge in [0, 0.05) is 4.47 Å². The van der Waals surface area contributed by atoms with E-state index >= 15 is 0 Å². The summed E-state index contributed by atoms with van der Waals surface area (Å²) in [5.74, 6) is 1.37. The van der Waals surface area contributed by atoms with Gasteiger partial charge in [-0.1, -0.05) is 56.6 Å². The Hall–Kier alpha value is -0.300. The minimum Gasteiger partial charge on any atom is -0.0571 e. The molecule has 14 heavy (non-hydrogen) atoms. The van der Waals surface area contributed by atoms with Gasteiger partial charge in [0.1, 0.15) is 0 Å². The summed E-state index contributed by atoms with van der Waals surface area (Å²) < 4.78 is 1.15. The standard InChI is InChI=1S/C13H18Br/c1-9(2)11-8-10(14)6-7-12(11)13(3,4)5/h6-8H,1-5H3. The van der Waals surface area contributed by atoms with Crippen molar-refractivity contribution in [3.8, 4) is 0 Å². The minimum atomic E-state index is 0.216. The fourth-order valence-electron chi connectivity index (χ4n) is 1.58. The molecule has 1 aromatic rings. The van der Waals surface area contributed by atoms with Crippen molar-refractivity contribution in [1.29, 1.82) is 0 Å². The maximum absolute atomic E-state index is 3.52. The van der Waals surface area contributed by atoms with Crippen LogP contribution in [0.1, 0.15) is 45.7 Å². The highest BCUT2D eigenvalue weighted by atomic mass is 79.9. The molecule has 1 radical (unpaired) electrons. The predicted molar refractivity (Wildman–Crippen MR) is 66.5 cm³/mol. The van der Waals surface area contributed by atoms with E-state index in [-0.39, 0.29) is 5.41 Å². The molecular formula is C13H18Br. The van der Waals surface area contributed by atoms with Crippen LogP contribution < -0.4 is 0 Å². The molecule has 1 aromatic carbocycles. The van der Waals surface area contributed by atoms with Crippen LogP contribution in [0.5, 0.6) is 0 Å². The normalized spacial score (nSPS) is 12.2. The zero-order chi connectivity index (χ0) is 10.9. The first-order chi connectivity index (χ1) is 6.32. The van der Waals surface area contributed by atoms with Crippen molar-refractivity contribution in [1.82, 2.24) is 0 Å². The van der Waals surface area contributed by atoms with Crippen molar-refractivity contribution in [3.63, 3.8) is 0 Å². The molecule has 0 bridgehead atoms. The van der Waals surface area contributed by atoms with Crippen LogP contribution in [0.15, 0.2) is 22.7 Å². The summed E-state index contributed by atoms with van der Waals surface area (Å²) in [6.07, 6.45) is 0. The number of benzene rings is 1. The summed E-state index contributed by atoms with van der Waals surface area (Å²) in [5, 5.41) is 0. The highest BCUT2D eigenvalue weighted by molar-refractivity contribution is 9.10. The zero-order valence-electron chi connectivity index (χ0n) is 9.61. The molecule has 1 heteroatoms. The molecule has 0 aliphatic heterocycles. The first-order valence-corrected chi connectivity index (χ1v) is 5.72. The number of hydrogen-bond donors (Lipinski definition) is 0. The van der Waals surface area contributed by atoms with E-state index in [9.17, 15) is 0 Å². The third kappa shape index (κ3) is 2.60. The Morgan fingerprint density at radius 3 is 2.14 bits per heavy atom. The average Bonchev–Trinajstić information content (AvgIpc) is 2.01. The molecule has 0 spiro atoms. The Morgan fingerprint density at radius 2 is 1.71 bits per heavy atom. The van der Waals surface area contributed by atoms with E-state index in [0.29, 0.717) is 0 Å². The van der Waals surface area contributed by atoms with Gasteiger partial charge in [-0.2, -0.15) is 0 Å². The summed E-state index contributed by atoms with van der Waals surface area (Å²) in [6, 6.07) is 6.54. The third-order valence-electron chi connectivity index (χ3n) is 2.33. The van der Waals surface area contributed by atoms with Crippen molar-refractivity contribution < 1.29 is 0 Å². The Morgan fingerprint density at radius 1 is 1.14 bits per heavy atom. The van der Waals surface area contributed by atoms with Gasteiger partial charge in [-0.3, -0.25) is 0 Å². The molecule has 0 fully saturated rings. The molecule has 0 atom stereocenters. The number of halogens is 1. The molecule has 0 heterocycles. The second-order valence-corrected chi connectivity index (χ2v) is 5.86. The number of rotatable bonds is 1. The molecule has 1 rings (SSSR count). The second kappa shape index (κ2) is 4.06. The van der Waals surface area contributed by atoms with Crippen LogP contribution in [0.3, 0.4) is 0 Å². The van der Waals surface area contributed by atoms with Crippen LogP contribution in [-0.2, 0) is 5.41 Å². The van der Waals surface area contributed by atoms with E-state index in [2.05, 4.69) is 68.7 Å². The lowest BCUT2D eigenvalue weighted by atomic mass is 9.81. The summed E-state index contributed by atoms with van der Waals surface area (Å²) in [4.78, 5) is 0. The van der Waals surface area contributed by atoms with Gasteiger partial charge in [0.15, 0.2) is 0 Å². The molecule has 0 aliphatic rings. The summed E-state index contributed by atoms with van der Waals surface area (Å²) >= 11 is 3.52. The van der Waals surface area contributed by atoms with Crippen LogP contribution in [0.25, 0.3) is 0 Å². The molecule has 0 saturated carbocycles. The van der Waals surface area contributed by atoms with Crippen molar-refractivity contribution in [2.24, 2.45) is 0 Å². The maximum atomic E-state index is 3.52. The predicted octanol–water partition coefficient (Wildman–Crippen LogP) is 4.71. The van der Waals surface area contributed by atoms with Crippen LogP contribution in [-0.4, -0.2) is 0 Å². The van der Waals surface area contributed by atoms with E-state index in [4.69, 9.17) is 0 Å². The Kier molecular flexibility index (Phi) is 3.41. The van der Waals surface area contributed by atoms with Crippen molar-refractivity contribution in [2.75, 3.05) is 0 Å². The highest BCUT2D eigenvalue weighted by Crippen LogP contribution is 2.31. The first kappa shape index (κ1) is 11.8. The third-order valence-corrected chi connectivity index (χ3v) is 2.82. The monoisotopic (exact) mass is 253 g/mol. The maximum Gasteiger partial charge on any atom is 0.0178 e. The largest absolute Gasteiger partial charge is 0.0571 e. The molecule has 0 nitrogen and oxygen atoms in total. The first-order valence-electron chi connectivity index (χ1n) is 4.93. The van der Waals surface area contributed by atoms with Gasteiger partial charge >= 0.3 is 0 Å². The quantitative estimate of drug-likeness (QED) is 0.680. The van der Waals surface area contributed by atoms with Crippen LogP contribution in [0.2, 0.25) is 0 Å². The SMILES string of the molecule is C[C](C)c1cc(Br)ccc1C(C)(C)C. The van der Waals surface area contributed by atoms with Crippen LogP contribution in [0.4, 0.5) is 0 Å². The van der Waals surface area contributed by atoms with Crippen molar-refractivity contribution in [2.45, 2.75) is 40.0 Å². The van der Waals surface area contributed by atoms with Gasteiger partial charge in [-0.25, -0.2) is 0 Å². The van der Waals surface area contributed by atoms with E-state index in [1.165, 1.54) is 17.0 Å². The molecule has 0 aliphatic carbocycles. The van der Waals surface area contributed by atoms with Gasteiger partial charge in [-0.05, 0) is 34.6 Å². The molecule has 0 aromatic heterocycles. The molecule has 77 valence electrons. The fraction of sp³-hybridized carbons (Fsp3) is 0.462. The van der Waals surface area contributed by atoms with E-state index in [1.807, 2.05) is 0 Å². The lowest BCUT2D eigenvalue weighted by Gasteiger charge is -2.24. The van der Waals surface area contributed by atoms with Crippen molar-refractivity contribution >= 4 is 15.9 Å². The Bertz CT molecular complexity index is 318. The van der Waals surface area contributed by atoms with E-state index in [1.54, 1.807) is 0 Å². The highest BCUT2D eigenvalue weighted by Gasteiger charge is 2.19. The average molecular weight is 254 g/mol. The van der Waals surface area contributed by atoms with Gasteiger partial charge in [0.2, 0.25) is 0 Å². The minimum absolute atomic E-state index is 0.216. The van der Waals surface area contributed by atoms with Crippen LogP contribution in [0, 0.1) is 5.92 Å².